The van der Waals surface area contributed by atoms with E-state index in [0.29, 0.717) is 22.8 Å². The Morgan fingerprint density at radius 3 is 2.28 bits per heavy atom. The van der Waals surface area contributed by atoms with Crippen LogP contribution in [0.1, 0.15) is 22.1 Å². The maximum atomic E-state index is 12.4. The minimum atomic E-state index is -3.49. The van der Waals surface area contributed by atoms with E-state index in [0.717, 1.165) is 0 Å². The van der Waals surface area contributed by atoms with Gasteiger partial charge in [0, 0.05) is 13.0 Å². The van der Waals surface area contributed by atoms with Crippen LogP contribution in [0.5, 0.6) is 17.2 Å². The summed E-state index contributed by atoms with van der Waals surface area (Å²) >= 11 is 0. The lowest BCUT2D eigenvalue weighted by Crippen LogP contribution is -2.23. The molecule has 0 aliphatic carbocycles. The van der Waals surface area contributed by atoms with E-state index >= 15 is 0 Å². The van der Waals surface area contributed by atoms with E-state index in [4.69, 9.17) is 18.7 Å². The SMILES string of the molecule is COc1cc(CNC(=O)c2nc(CCS(=O)(=O)c3ccccc3)no2)cc(OC)c1OC. The molecule has 0 bridgehead atoms. The van der Waals surface area contributed by atoms with Crippen LogP contribution in [-0.2, 0) is 22.8 Å². The summed E-state index contributed by atoms with van der Waals surface area (Å²) in [6.07, 6.45) is 0.0148. The van der Waals surface area contributed by atoms with Crippen molar-refractivity contribution >= 4 is 15.7 Å². The molecule has 32 heavy (non-hydrogen) atoms. The first kappa shape index (κ1) is 23.1. The van der Waals surface area contributed by atoms with Gasteiger partial charge >= 0.3 is 11.8 Å². The van der Waals surface area contributed by atoms with Gasteiger partial charge in [-0.3, -0.25) is 4.79 Å². The molecule has 0 saturated heterocycles. The maximum Gasteiger partial charge on any atom is 0.315 e. The van der Waals surface area contributed by atoms with Crippen LogP contribution in [0.25, 0.3) is 0 Å². The van der Waals surface area contributed by atoms with Gasteiger partial charge in [0.2, 0.25) is 5.75 Å². The monoisotopic (exact) mass is 461 g/mol. The van der Waals surface area contributed by atoms with Crippen molar-refractivity contribution in [3.05, 3.63) is 59.7 Å². The Labute approximate surface area is 185 Å². The van der Waals surface area contributed by atoms with Crippen LogP contribution < -0.4 is 19.5 Å². The molecule has 1 aromatic heterocycles. The van der Waals surface area contributed by atoms with Crippen LogP contribution in [-0.4, -0.2) is 51.5 Å². The molecule has 11 heteroatoms. The van der Waals surface area contributed by atoms with Crippen LogP contribution in [0, 0.1) is 0 Å². The zero-order chi connectivity index (χ0) is 23.1. The summed E-state index contributed by atoms with van der Waals surface area (Å²) in [5, 5.41) is 6.36. The summed E-state index contributed by atoms with van der Waals surface area (Å²) < 4.78 is 45.6. The van der Waals surface area contributed by atoms with Gasteiger partial charge in [0.05, 0.1) is 32.0 Å². The molecule has 0 atom stereocenters. The van der Waals surface area contributed by atoms with E-state index < -0.39 is 15.7 Å². The number of ether oxygens (including phenoxy) is 3. The first-order valence-electron chi connectivity index (χ1n) is 9.55. The molecule has 0 radical (unpaired) electrons. The van der Waals surface area contributed by atoms with Crippen LogP contribution in [0.15, 0.2) is 51.9 Å². The fourth-order valence-corrected chi connectivity index (χ4v) is 4.17. The van der Waals surface area contributed by atoms with Gasteiger partial charge in [-0.25, -0.2) is 8.42 Å². The lowest BCUT2D eigenvalue weighted by molar-refractivity contribution is 0.0907. The lowest BCUT2D eigenvalue weighted by atomic mass is 10.1. The van der Waals surface area contributed by atoms with Gasteiger partial charge in [-0.1, -0.05) is 23.4 Å². The minimum absolute atomic E-state index is 0.0148. The predicted molar refractivity (Wildman–Crippen MR) is 114 cm³/mol. The van der Waals surface area contributed by atoms with Crippen molar-refractivity contribution < 1.29 is 31.9 Å². The summed E-state index contributed by atoms with van der Waals surface area (Å²) in [4.78, 5) is 16.6. The average molecular weight is 461 g/mol. The highest BCUT2D eigenvalue weighted by molar-refractivity contribution is 7.91. The summed E-state index contributed by atoms with van der Waals surface area (Å²) in [6, 6.07) is 11.5. The van der Waals surface area contributed by atoms with E-state index in [1.165, 1.54) is 33.5 Å². The zero-order valence-electron chi connectivity index (χ0n) is 17.8. The predicted octanol–water partition coefficient (Wildman–Crippen LogP) is 2.04. The van der Waals surface area contributed by atoms with Crippen molar-refractivity contribution in [3.8, 4) is 17.2 Å². The molecule has 0 unspecified atom stereocenters. The Morgan fingerprint density at radius 1 is 1.03 bits per heavy atom. The first-order valence-corrected chi connectivity index (χ1v) is 11.2. The highest BCUT2D eigenvalue weighted by Gasteiger charge is 2.19. The summed E-state index contributed by atoms with van der Waals surface area (Å²) in [7, 11) is 1.00. The van der Waals surface area contributed by atoms with Crippen molar-refractivity contribution in [3.63, 3.8) is 0 Å². The second-order valence-electron chi connectivity index (χ2n) is 6.61. The number of carbonyl (C=O) groups is 1. The number of methoxy groups -OCH3 is 3. The number of aromatic nitrogens is 2. The Bertz CT molecular complexity index is 1150. The van der Waals surface area contributed by atoms with Crippen LogP contribution in [0.4, 0.5) is 0 Å². The van der Waals surface area contributed by atoms with E-state index in [1.54, 1.807) is 30.3 Å². The summed E-state index contributed by atoms with van der Waals surface area (Å²) in [5.74, 6) is 0.419. The van der Waals surface area contributed by atoms with Gasteiger partial charge in [-0.05, 0) is 29.8 Å². The minimum Gasteiger partial charge on any atom is -0.493 e. The molecule has 2 aromatic carbocycles. The van der Waals surface area contributed by atoms with Gasteiger partial charge in [-0.2, -0.15) is 4.98 Å². The number of hydrogen-bond acceptors (Lipinski definition) is 9. The van der Waals surface area contributed by atoms with Gasteiger partial charge < -0.3 is 24.1 Å². The van der Waals surface area contributed by atoms with Gasteiger partial charge in [0.1, 0.15) is 0 Å². The first-order chi connectivity index (χ1) is 15.4. The molecule has 3 aromatic rings. The molecule has 1 amide bonds. The largest absolute Gasteiger partial charge is 0.493 e. The number of hydrogen-bond donors (Lipinski definition) is 1. The fourth-order valence-electron chi connectivity index (χ4n) is 2.91. The topological polar surface area (TPSA) is 130 Å². The van der Waals surface area contributed by atoms with Crippen molar-refractivity contribution in [1.82, 2.24) is 15.5 Å². The normalized spacial score (nSPS) is 11.1. The van der Waals surface area contributed by atoms with Gasteiger partial charge in [0.25, 0.3) is 0 Å². The van der Waals surface area contributed by atoms with Crippen molar-refractivity contribution in [2.75, 3.05) is 27.1 Å². The summed E-state index contributed by atoms with van der Waals surface area (Å²) in [6.45, 7) is 0.135. The number of aryl methyl sites for hydroxylation is 1. The molecule has 170 valence electrons. The third kappa shape index (κ3) is 5.35. The number of nitrogens with zero attached hydrogens (tertiary/aromatic N) is 2. The van der Waals surface area contributed by atoms with E-state index in [2.05, 4.69) is 15.5 Å². The highest BCUT2D eigenvalue weighted by Crippen LogP contribution is 2.38. The molecule has 10 nitrogen and oxygen atoms in total. The van der Waals surface area contributed by atoms with Gasteiger partial charge in [0.15, 0.2) is 27.2 Å². The molecule has 0 fully saturated rings. The fraction of sp³-hybridized carbons (Fsp3) is 0.286. The van der Waals surface area contributed by atoms with Gasteiger partial charge in [-0.15, -0.1) is 0 Å². The third-order valence-electron chi connectivity index (χ3n) is 4.54. The number of carbonyl (C=O) groups excluding carboxylic acids is 1. The Balaban J connectivity index is 1.62. The third-order valence-corrected chi connectivity index (χ3v) is 6.27. The molecule has 0 saturated carbocycles. The van der Waals surface area contributed by atoms with Crippen molar-refractivity contribution in [2.45, 2.75) is 17.9 Å². The average Bonchev–Trinajstić information content (AvgIpc) is 3.30. The Morgan fingerprint density at radius 2 is 1.69 bits per heavy atom. The van der Waals surface area contributed by atoms with Crippen molar-refractivity contribution in [2.24, 2.45) is 0 Å². The number of sulfone groups is 1. The van der Waals surface area contributed by atoms with Crippen LogP contribution >= 0.6 is 0 Å². The molecule has 0 aliphatic rings. The van der Waals surface area contributed by atoms with Crippen LogP contribution in [0.3, 0.4) is 0 Å². The molecule has 1 N–H and O–H groups in total. The maximum absolute atomic E-state index is 12.4. The second kappa shape index (κ2) is 10.1. The zero-order valence-corrected chi connectivity index (χ0v) is 18.6. The van der Waals surface area contributed by atoms with E-state index in [1.807, 2.05) is 0 Å². The molecular formula is C21H23N3O7S. The van der Waals surface area contributed by atoms with Crippen LogP contribution in [0.2, 0.25) is 0 Å². The number of rotatable bonds is 10. The van der Waals surface area contributed by atoms with E-state index in [-0.39, 0.29) is 35.3 Å². The summed E-state index contributed by atoms with van der Waals surface area (Å²) in [5.41, 5.74) is 0.696. The lowest BCUT2D eigenvalue weighted by Gasteiger charge is -2.14. The molecule has 0 spiro atoms. The highest BCUT2D eigenvalue weighted by atomic mass is 32.2. The van der Waals surface area contributed by atoms with E-state index in [9.17, 15) is 13.2 Å². The quantitative estimate of drug-likeness (QED) is 0.482. The number of amides is 1. The molecular weight excluding hydrogens is 438 g/mol. The molecule has 1 heterocycles. The second-order valence-corrected chi connectivity index (χ2v) is 8.72. The number of nitrogens with one attached hydrogen (secondary N) is 1. The Hall–Kier alpha value is -3.60. The molecule has 3 rings (SSSR count). The van der Waals surface area contributed by atoms with Crippen molar-refractivity contribution in [1.29, 1.82) is 0 Å². The molecule has 0 aliphatic heterocycles. The smallest absolute Gasteiger partial charge is 0.315 e. The Kier molecular flexibility index (Phi) is 7.31. The number of benzene rings is 2. The standard InChI is InChI=1S/C21H23N3O7S/c1-28-16-11-14(12-17(29-2)19(16)30-3)13-22-20(25)21-23-18(24-31-21)9-10-32(26,27)15-7-5-4-6-8-15/h4-8,11-12H,9-10,13H2,1-3H3,(H,22,25).